The monoisotopic (exact) mass is 420 g/mol. The van der Waals surface area contributed by atoms with Crippen molar-refractivity contribution in [3.63, 3.8) is 0 Å². The van der Waals surface area contributed by atoms with Crippen LogP contribution >= 0.6 is 34.7 Å². The highest BCUT2D eigenvalue weighted by atomic mass is 35.5. The molecule has 0 aliphatic rings. The van der Waals surface area contributed by atoms with Crippen LogP contribution in [0.1, 0.15) is 0 Å². The Kier molecular flexibility index (Phi) is 6.60. The van der Waals surface area contributed by atoms with Gasteiger partial charge in [0.05, 0.1) is 30.7 Å². The Balaban J connectivity index is 1.66. The lowest BCUT2D eigenvalue weighted by Crippen LogP contribution is -2.13. The van der Waals surface area contributed by atoms with Crippen molar-refractivity contribution in [2.24, 2.45) is 0 Å². The largest absolute Gasteiger partial charge is 0.497 e. The number of thiazole rings is 1. The molecule has 0 unspecified atom stereocenters. The number of ether oxygens (including phenoxy) is 2. The van der Waals surface area contributed by atoms with Gasteiger partial charge in [-0.25, -0.2) is 4.98 Å². The molecule has 1 heterocycles. The fraction of sp³-hybridized carbons (Fsp3) is 0.158. The number of aromatic nitrogens is 1. The van der Waals surface area contributed by atoms with Crippen molar-refractivity contribution in [1.82, 2.24) is 4.98 Å². The first-order chi connectivity index (χ1) is 13.1. The second kappa shape index (κ2) is 9.12. The zero-order valence-electron chi connectivity index (χ0n) is 14.7. The Hall–Kier alpha value is -2.22. The summed E-state index contributed by atoms with van der Waals surface area (Å²) in [6, 6.07) is 13.0. The first-order valence-electron chi connectivity index (χ1n) is 7.96. The Morgan fingerprint density at radius 1 is 1.22 bits per heavy atom. The van der Waals surface area contributed by atoms with Crippen molar-refractivity contribution in [2.45, 2.75) is 4.90 Å². The summed E-state index contributed by atoms with van der Waals surface area (Å²) in [4.78, 5) is 17.6. The van der Waals surface area contributed by atoms with Crippen molar-refractivity contribution in [2.75, 3.05) is 25.3 Å². The number of hydrogen-bond donors (Lipinski definition) is 1. The maximum Gasteiger partial charge on any atom is 0.236 e. The number of amides is 1. The van der Waals surface area contributed by atoms with Crippen molar-refractivity contribution in [1.29, 1.82) is 0 Å². The van der Waals surface area contributed by atoms with Crippen molar-refractivity contribution in [3.8, 4) is 22.8 Å². The van der Waals surface area contributed by atoms with Gasteiger partial charge in [0.1, 0.15) is 11.5 Å². The van der Waals surface area contributed by atoms with E-state index in [1.807, 2.05) is 35.7 Å². The molecule has 0 saturated heterocycles. The molecule has 1 amide bonds. The molecular weight excluding hydrogens is 404 g/mol. The van der Waals surface area contributed by atoms with Gasteiger partial charge in [0.15, 0.2) is 5.13 Å². The highest BCUT2D eigenvalue weighted by Gasteiger charge is 2.13. The number of carbonyl (C=O) groups is 1. The Bertz CT molecular complexity index is 946. The lowest BCUT2D eigenvalue weighted by molar-refractivity contribution is -0.113. The quantitative estimate of drug-likeness (QED) is 0.531. The predicted molar refractivity (Wildman–Crippen MR) is 111 cm³/mol. The van der Waals surface area contributed by atoms with E-state index in [2.05, 4.69) is 10.3 Å². The van der Waals surface area contributed by atoms with Gasteiger partial charge in [0.25, 0.3) is 0 Å². The highest BCUT2D eigenvalue weighted by molar-refractivity contribution is 8.00. The summed E-state index contributed by atoms with van der Waals surface area (Å²) in [6.07, 6.45) is 0. The molecule has 3 rings (SSSR count). The molecule has 0 atom stereocenters. The number of rotatable bonds is 7. The van der Waals surface area contributed by atoms with Gasteiger partial charge in [-0.1, -0.05) is 23.7 Å². The summed E-state index contributed by atoms with van der Waals surface area (Å²) in [5.74, 6) is 1.48. The van der Waals surface area contributed by atoms with Gasteiger partial charge < -0.3 is 14.8 Å². The number of nitrogens with one attached hydrogen (secondary N) is 1. The molecule has 0 radical (unpaired) electrons. The summed E-state index contributed by atoms with van der Waals surface area (Å²) < 4.78 is 10.6. The van der Waals surface area contributed by atoms with Crippen LogP contribution in [0.2, 0.25) is 5.02 Å². The van der Waals surface area contributed by atoms with Crippen molar-refractivity contribution < 1.29 is 14.3 Å². The van der Waals surface area contributed by atoms with Crippen LogP contribution < -0.4 is 14.8 Å². The lowest BCUT2D eigenvalue weighted by Gasteiger charge is -2.08. The van der Waals surface area contributed by atoms with Gasteiger partial charge in [-0.3, -0.25) is 4.79 Å². The normalized spacial score (nSPS) is 10.5. The van der Waals surface area contributed by atoms with E-state index < -0.39 is 0 Å². The molecular formula is C19H17ClN2O3S2. The number of methoxy groups -OCH3 is 2. The highest BCUT2D eigenvalue weighted by Crippen LogP contribution is 2.35. The fourth-order valence-corrected chi connectivity index (χ4v) is 4.09. The first-order valence-corrected chi connectivity index (χ1v) is 10.2. The molecule has 0 bridgehead atoms. The van der Waals surface area contributed by atoms with Crippen LogP contribution in [0.5, 0.6) is 11.5 Å². The number of carbonyl (C=O) groups excluding carboxylic acids is 1. The molecule has 0 spiro atoms. The molecule has 1 N–H and O–H groups in total. The fourth-order valence-electron chi connectivity index (χ4n) is 2.33. The third kappa shape index (κ3) is 4.94. The molecule has 1 aromatic heterocycles. The lowest BCUT2D eigenvalue weighted by atomic mass is 10.1. The SMILES string of the molecule is COc1ccc(-c2csc(NC(=O)CSc3ccccc3Cl)n2)c(OC)c1. The summed E-state index contributed by atoms with van der Waals surface area (Å²) in [5.41, 5.74) is 1.56. The van der Waals surface area contributed by atoms with Gasteiger partial charge in [0, 0.05) is 21.9 Å². The third-order valence-electron chi connectivity index (χ3n) is 3.63. The number of nitrogens with zero attached hydrogens (tertiary/aromatic N) is 1. The smallest absolute Gasteiger partial charge is 0.236 e. The van der Waals surface area contributed by atoms with Crippen LogP contribution in [0.25, 0.3) is 11.3 Å². The summed E-state index contributed by atoms with van der Waals surface area (Å²) in [5, 5.41) is 5.87. The Labute approximate surface area is 170 Å². The molecule has 0 fully saturated rings. The maximum absolute atomic E-state index is 12.2. The second-order valence-corrected chi connectivity index (χ2v) is 7.65. The van der Waals surface area contributed by atoms with Gasteiger partial charge >= 0.3 is 0 Å². The van der Waals surface area contributed by atoms with Crippen LogP contribution in [-0.4, -0.2) is 30.9 Å². The predicted octanol–water partition coefficient (Wildman–Crippen LogP) is 5.21. The molecule has 0 aliphatic carbocycles. The molecule has 5 nitrogen and oxygen atoms in total. The molecule has 27 heavy (non-hydrogen) atoms. The molecule has 140 valence electrons. The summed E-state index contributed by atoms with van der Waals surface area (Å²) in [7, 11) is 3.20. The first kappa shape index (κ1) is 19.5. The number of hydrogen-bond acceptors (Lipinski definition) is 6. The minimum atomic E-state index is -0.137. The summed E-state index contributed by atoms with van der Waals surface area (Å²) >= 11 is 8.85. The van der Waals surface area contributed by atoms with Gasteiger partial charge in [0.2, 0.25) is 5.91 Å². The zero-order valence-corrected chi connectivity index (χ0v) is 17.1. The van der Waals surface area contributed by atoms with E-state index in [0.717, 1.165) is 16.2 Å². The Morgan fingerprint density at radius 3 is 2.78 bits per heavy atom. The molecule has 8 heteroatoms. The average Bonchev–Trinajstić information content (AvgIpc) is 3.15. The van der Waals surface area contributed by atoms with E-state index in [1.165, 1.54) is 23.1 Å². The maximum atomic E-state index is 12.2. The van der Waals surface area contributed by atoms with Crippen molar-refractivity contribution >= 4 is 45.7 Å². The van der Waals surface area contributed by atoms with E-state index in [0.29, 0.717) is 21.7 Å². The van der Waals surface area contributed by atoms with Crippen LogP contribution in [-0.2, 0) is 4.79 Å². The van der Waals surface area contributed by atoms with Crippen LogP contribution in [0.4, 0.5) is 5.13 Å². The van der Waals surface area contributed by atoms with E-state index in [-0.39, 0.29) is 11.7 Å². The zero-order chi connectivity index (χ0) is 19.2. The van der Waals surface area contributed by atoms with Gasteiger partial charge in [-0.05, 0) is 24.3 Å². The minimum absolute atomic E-state index is 0.137. The van der Waals surface area contributed by atoms with Crippen LogP contribution in [0, 0.1) is 0 Å². The number of anilines is 1. The number of thioether (sulfide) groups is 1. The standard InChI is InChI=1S/C19H17ClN2O3S2/c1-24-12-7-8-13(16(9-12)25-2)15-10-27-19(21-15)22-18(23)11-26-17-6-4-3-5-14(17)20/h3-10H,11H2,1-2H3,(H,21,22,23). The minimum Gasteiger partial charge on any atom is -0.497 e. The van der Waals surface area contributed by atoms with Gasteiger partial charge in [-0.15, -0.1) is 23.1 Å². The molecule has 3 aromatic rings. The average molecular weight is 421 g/mol. The van der Waals surface area contributed by atoms with E-state index in [4.69, 9.17) is 21.1 Å². The van der Waals surface area contributed by atoms with E-state index in [1.54, 1.807) is 26.4 Å². The van der Waals surface area contributed by atoms with Crippen LogP contribution in [0.15, 0.2) is 52.7 Å². The molecule has 0 aliphatic heterocycles. The third-order valence-corrected chi connectivity index (χ3v) is 5.90. The second-order valence-electron chi connectivity index (χ2n) is 5.37. The topological polar surface area (TPSA) is 60.5 Å². The Morgan fingerprint density at radius 2 is 2.04 bits per heavy atom. The molecule has 2 aromatic carbocycles. The number of benzene rings is 2. The van der Waals surface area contributed by atoms with Crippen molar-refractivity contribution in [3.05, 3.63) is 52.9 Å². The van der Waals surface area contributed by atoms with E-state index >= 15 is 0 Å². The van der Waals surface area contributed by atoms with Crippen LogP contribution in [0.3, 0.4) is 0 Å². The van der Waals surface area contributed by atoms with E-state index in [9.17, 15) is 4.79 Å². The van der Waals surface area contributed by atoms with Gasteiger partial charge in [-0.2, -0.15) is 0 Å². The molecule has 0 saturated carbocycles. The summed E-state index contributed by atoms with van der Waals surface area (Å²) in [6.45, 7) is 0. The number of halogens is 1.